The standard InChI is InChI=1S/C14H13N3O/c1-2-8-15-10-14(18)17-13-7-3-6-12-11(13)5-4-9-16-12/h1,3-7,9,15H,8,10H2,(H,17,18). The fourth-order valence-electron chi connectivity index (χ4n) is 1.65. The number of aromatic nitrogens is 1. The molecule has 0 aliphatic heterocycles. The van der Waals surface area contributed by atoms with Crippen LogP contribution in [0.2, 0.25) is 0 Å². The zero-order valence-corrected chi connectivity index (χ0v) is 9.81. The molecule has 1 heterocycles. The van der Waals surface area contributed by atoms with Gasteiger partial charge in [0.15, 0.2) is 0 Å². The van der Waals surface area contributed by atoms with Crippen molar-refractivity contribution in [3.63, 3.8) is 0 Å². The molecule has 0 atom stereocenters. The normalized spacial score (nSPS) is 9.94. The van der Waals surface area contributed by atoms with Gasteiger partial charge in [0.05, 0.1) is 24.3 Å². The van der Waals surface area contributed by atoms with Crippen LogP contribution in [0, 0.1) is 12.3 Å². The largest absolute Gasteiger partial charge is 0.324 e. The molecule has 0 fully saturated rings. The summed E-state index contributed by atoms with van der Waals surface area (Å²) in [5, 5.41) is 6.59. The fraction of sp³-hybridized carbons (Fsp3) is 0.143. The van der Waals surface area contributed by atoms with Gasteiger partial charge < -0.3 is 5.32 Å². The third kappa shape index (κ3) is 2.84. The zero-order chi connectivity index (χ0) is 12.8. The number of rotatable bonds is 4. The van der Waals surface area contributed by atoms with Gasteiger partial charge in [-0.2, -0.15) is 0 Å². The number of carbonyl (C=O) groups excluding carboxylic acids is 1. The molecule has 18 heavy (non-hydrogen) atoms. The highest BCUT2D eigenvalue weighted by Gasteiger charge is 2.05. The molecule has 1 amide bonds. The first kappa shape index (κ1) is 12.1. The van der Waals surface area contributed by atoms with Crippen LogP contribution in [0.5, 0.6) is 0 Å². The number of nitrogens with zero attached hydrogens (tertiary/aromatic N) is 1. The first-order chi connectivity index (χ1) is 8.81. The topological polar surface area (TPSA) is 54.0 Å². The quantitative estimate of drug-likeness (QED) is 0.626. The molecule has 0 aliphatic carbocycles. The molecule has 4 heteroatoms. The Bertz CT molecular complexity index is 596. The van der Waals surface area contributed by atoms with E-state index in [-0.39, 0.29) is 12.5 Å². The molecular formula is C14H13N3O. The van der Waals surface area contributed by atoms with Crippen molar-refractivity contribution in [2.24, 2.45) is 0 Å². The lowest BCUT2D eigenvalue weighted by Gasteiger charge is -2.08. The van der Waals surface area contributed by atoms with Gasteiger partial charge in [0.1, 0.15) is 0 Å². The molecule has 2 aromatic rings. The summed E-state index contributed by atoms with van der Waals surface area (Å²) in [4.78, 5) is 15.9. The maximum atomic E-state index is 11.7. The van der Waals surface area contributed by atoms with Gasteiger partial charge >= 0.3 is 0 Å². The summed E-state index contributed by atoms with van der Waals surface area (Å²) in [5.41, 5.74) is 1.61. The average Bonchev–Trinajstić information content (AvgIpc) is 2.39. The van der Waals surface area contributed by atoms with Crippen molar-refractivity contribution in [2.75, 3.05) is 18.4 Å². The van der Waals surface area contributed by atoms with E-state index in [9.17, 15) is 4.79 Å². The summed E-state index contributed by atoms with van der Waals surface area (Å²) >= 11 is 0. The Morgan fingerprint density at radius 2 is 2.22 bits per heavy atom. The van der Waals surface area contributed by atoms with E-state index in [0.717, 1.165) is 16.6 Å². The Kier molecular flexibility index (Phi) is 3.90. The number of pyridine rings is 1. The van der Waals surface area contributed by atoms with Crippen LogP contribution in [0.1, 0.15) is 0 Å². The minimum Gasteiger partial charge on any atom is -0.324 e. The van der Waals surface area contributed by atoms with Crippen molar-refractivity contribution < 1.29 is 4.79 Å². The SMILES string of the molecule is C#CCNCC(=O)Nc1cccc2ncccc12. The summed E-state index contributed by atoms with van der Waals surface area (Å²) in [5.74, 6) is 2.29. The van der Waals surface area contributed by atoms with E-state index in [1.807, 2.05) is 30.3 Å². The Morgan fingerprint density at radius 1 is 1.33 bits per heavy atom. The van der Waals surface area contributed by atoms with Crippen LogP contribution >= 0.6 is 0 Å². The van der Waals surface area contributed by atoms with Crippen molar-refractivity contribution >= 4 is 22.5 Å². The Morgan fingerprint density at radius 3 is 3.06 bits per heavy atom. The number of anilines is 1. The number of hydrogen-bond donors (Lipinski definition) is 2. The number of hydrogen-bond acceptors (Lipinski definition) is 3. The molecular weight excluding hydrogens is 226 g/mol. The summed E-state index contributed by atoms with van der Waals surface area (Å²) in [6, 6.07) is 9.38. The lowest BCUT2D eigenvalue weighted by Crippen LogP contribution is -2.28. The van der Waals surface area contributed by atoms with E-state index in [1.165, 1.54) is 0 Å². The highest BCUT2D eigenvalue weighted by Crippen LogP contribution is 2.20. The first-order valence-electron chi connectivity index (χ1n) is 5.59. The molecule has 1 aromatic heterocycles. The fourth-order valence-corrected chi connectivity index (χ4v) is 1.65. The highest BCUT2D eigenvalue weighted by atomic mass is 16.1. The Balaban J connectivity index is 2.12. The number of fused-ring (bicyclic) bond motifs is 1. The third-order valence-corrected chi connectivity index (χ3v) is 2.43. The third-order valence-electron chi connectivity index (χ3n) is 2.43. The van der Waals surface area contributed by atoms with Gasteiger partial charge in [-0.3, -0.25) is 15.1 Å². The predicted molar refractivity (Wildman–Crippen MR) is 72.1 cm³/mol. The summed E-state index contributed by atoms with van der Waals surface area (Å²) in [7, 11) is 0. The molecule has 0 saturated heterocycles. The van der Waals surface area contributed by atoms with Crippen LogP contribution in [0.15, 0.2) is 36.5 Å². The molecule has 0 bridgehead atoms. The van der Waals surface area contributed by atoms with E-state index in [1.54, 1.807) is 6.20 Å². The van der Waals surface area contributed by atoms with Crippen LogP contribution in [0.4, 0.5) is 5.69 Å². The van der Waals surface area contributed by atoms with E-state index in [4.69, 9.17) is 6.42 Å². The minimum absolute atomic E-state index is 0.124. The van der Waals surface area contributed by atoms with Crippen LogP contribution in [-0.2, 0) is 4.79 Å². The molecule has 90 valence electrons. The molecule has 0 radical (unpaired) electrons. The van der Waals surface area contributed by atoms with Gasteiger partial charge in [-0.1, -0.05) is 12.0 Å². The second-order valence-electron chi connectivity index (χ2n) is 3.73. The van der Waals surface area contributed by atoms with Crippen LogP contribution < -0.4 is 10.6 Å². The molecule has 2 N–H and O–H groups in total. The van der Waals surface area contributed by atoms with Crippen LogP contribution in [0.25, 0.3) is 10.9 Å². The summed E-state index contributed by atoms with van der Waals surface area (Å²) in [6.07, 6.45) is 6.81. The van der Waals surface area contributed by atoms with E-state index < -0.39 is 0 Å². The van der Waals surface area contributed by atoms with Crippen molar-refractivity contribution in [1.29, 1.82) is 0 Å². The molecule has 0 saturated carbocycles. The lowest BCUT2D eigenvalue weighted by atomic mass is 10.2. The van der Waals surface area contributed by atoms with Crippen LogP contribution in [-0.4, -0.2) is 24.0 Å². The maximum Gasteiger partial charge on any atom is 0.238 e. The maximum absolute atomic E-state index is 11.7. The second-order valence-corrected chi connectivity index (χ2v) is 3.73. The molecule has 4 nitrogen and oxygen atoms in total. The number of benzene rings is 1. The van der Waals surface area contributed by atoms with E-state index in [0.29, 0.717) is 6.54 Å². The Hall–Kier alpha value is -2.38. The van der Waals surface area contributed by atoms with Crippen molar-refractivity contribution in [2.45, 2.75) is 0 Å². The van der Waals surface area contributed by atoms with Gasteiger partial charge in [-0.25, -0.2) is 0 Å². The Labute approximate surface area is 105 Å². The second kappa shape index (κ2) is 5.80. The molecule has 0 unspecified atom stereocenters. The highest BCUT2D eigenvalue weighted by molar-refractivity contribution is 6.01. The van der Waals surface area contributed by atoms with Gasteiger partial charge in [0, 0.05) is 11.6 Å². The van der Waals surface area contributed by atoms with Gasteiger partial charge in [0.2, 0.25) is 5.91 Å². The number of terminal acetylenes is 1. The van der Waals surface area contributed by atoms with Gasteiger partial charge in [-0.15, -0.1) is 6.42 Å². The molecule has 0 aliphatic rings. The number of amides is 1. The zero-order valence-electron chi connectivity index (χ0n) is 9.81. The van der Waals surface area contributed by atoms with Crippen molar-refractivity contribution in [3.05, 3.63) is 36.5 Å². The monoisotopic (exact) mass is 239 g/mol. The predicted octanol–water partition coefficient (Wildman–Crippen LogP) is 1.40. The number of carbonyl (C=O) groups is 1. The van der Waals surface area contributed by atoms with Crippen LogP contribution in [0.3, 0.4) is 0 Å². The van der Waals surface area contributed by atoms with Gasteiger partial charge in [-0.05, 0) is 24.3 Å². The lowest BCUT2D eigenvalue weighted by molar-refractivity contribution is -0.115. The first-order valence-corrected chi connectivity index (χ1v) is 5.59. The smallest absolute Gasteiger partial charge is 0.238 e. The summed E-state index contributed by atoms with van der Waals surface area (Å²) < 4.78 is 0. The molecule has 2 rings (SSSR count). The molecule has 1 aromatic carbocycles. The number of nitrogens with one attached hydrogen (secondary N) is 2. The van der Waals surface area contributed by atoms with Gasteiger partial charge in [0.25, 0.3) is 0 Å². The van der Waals surface area contributed by atoms with Crippen molar-refractivity contribution in [3.8, 4) is 12.3 Å². The van der Waals surface area contributed by atoms with E-state index in [2.05, 4.69) is 21.5 Å². The molecule has 0 spiro atoms. The average molecular weight is 239 g/mol. The summed E-state index contributed by atoms with van der Waals surface area (Å²) in [6.45, 7) is 0.575. The minimum atomic E-state index is -0.124. The van der Waals surface area contributed by atoms with Crippen molar-refractivity contribution in [1.82, 2.24) is 10.3 Å². The van der Waals surface area contributed by atoms with E-state index >= 15 is 0 Å².